The van der Waals surface area contributed by atoms with Crippen molar-refractivity contribution in [1.82, 2.24) is 19.2 Å². The molecule has 9 heteroatoms. The number of rotatable bonds is 5. The lowest BCUT2D eigenvalue weighted by Gasteiger charge is -2.37. The van der Waals surface area contributed by atoms with Gasteiger partial charge in [-0.05, 0) is 12.5 Å². The summed E-state index contributed by atoms with van der Waals surface area (Å²) < 4.78 is 32.9. The third-order valence-electron chi connectivity index (χ3n) is 4.07. The average molecular weight is 364 g/mol. The second-order valence-electron chi connectivity index (χ2n) is 5.96. The lowest BCUT2D eigenvalue weighted by molar-refractivity contribution is 0.123. The molecule has 0 aliphatic carbocycles. The van der Waals surface area contributed by atoms with Gasteiger partial charge in [0.05, 0.1) is 6.04 Å². The van der Waals surface area contributed by atoms with Crippen molar-refractivity contribution in [3.8, 4) is 0 Å². The van der Waals surface area contributed by atoms with Crippen LogP contribution in [0.2, 0.25) is 0 Å². The van der Waals surface area contributed by atoms with Gasteiger partial charge in [0, 0.05) is 26.3 Å². The normalized spacial score (nSPS) is 15.6. The standard InChI is InChI=1S/C16H20N4O4S/c1-12-17-15(10-19(12)2)25(22,23)20-8-14(9-20)18-16(21)24-11-13-6-4-3-5-7-13/h3-7,10,14H,8-9,11H2,1-2H3,(H,18,21). The Bertz CT molecular complexity index is 838. The summed E-state index contributed by atoms with van der Waals surface area (Å²) in [5.74, 6) is 0.623. The SMILES string of the molecule is Cc1nc(S(=O)(=O)N2CC(NC(=O)OCc3ccccc3)C2)cn1C. The largest absolute Gasteiger partial charge is 0.445 e. The van der Waals surface area contributed by atoms with Gasteiger partial charge in [-0.2, -0.15) is 4.31 Å². The van der Waals surface area contributed by atoms with Crippen molar-refractivity contribution < 1.29 is 17.9 Å². The monoisotopic (exact) mass is 364 g/mol. The summed E-state index contributed by atoms with van der Waals surface area (Å²) in [5, 5.41) is 2.69. The van der Waals surface area contributed by atoms with Gasteiger partial charge in [0.1, 0.15) is 12.4 Å². The summed E-state index contributed by atoms with van der Waals surface area (Å²) in [6.07, 6.45) is 0.930. The van der Waals surface area contributed by atoms with Gasteiger partial charge < -0.3 is 14.6 Å². The second-order valence-corrected chi connectivity index (χ2v) is 7.85. The minimum atomic E-state index is -3.62. The van der Waals surface area contributed by atoms with Gasteiger partial charge in [0.25, 0.3) is 10.0 Å². The molecule has 1 N–H and O–H groups in total. The fourth-order valence-electron chi connectivity index (χ4n) is 2.44. The van der Waals surface area contributed by atoms with Gasteiger partial charge in [-0.1, -0.05) is 30.3 Å². The summed E-state index contributed by atoms with van der Waals surface area (Å²) in [6.45, 7) is 2.33. The lowest BCUT2D eigenvalue weighted by Crippen LogP contribution is -2.60. The van der Waals surface area contributed by atoms with E-state index >= 15 is 0 Å². The van der Waals surface area contributed by atoms with Crippen LogP contribution >= 0.6 is 0 Å². The molecule has 8 nitrogen and oxygen atoms in total. The third-order valence-corrected chi connectivity index (χ3v) is 5.78. The molecule has 0 bridgehead atoms. The number of hydrogen-bond donors (Lipinski definition) is 1. The van der Waals surface area contributed by atoms with Gasteiger partial charge >= 0.3 is 6.09 Å². The highest BCUT2D eigenvalue weighted by molar-refractivity contribution is 7.89. The number of aromatic nitrogens is 2. The highest BCUT2D eigenvalue weighted by Crippen LogP contribution is 2.21. The molecule has 0 atom stereocenters. The number of alkyl carbamates (subject to hydrolysis) is 1. The van der Waals surface area contributed by atoms with E-state index in [-0.39, 0.29) is 30.8 Å². The van der Waals surface area contributed by atoms with Gasteiger partial charge in [0.2, 0.25) is 0 Å². The van der Waals surface area contributed by atoms with E-state index < -0.39 is 16.1 Å². The number of carbonyl (C=O) groups is 1. The summed E-state index contributed by atoms with van der Waals surface area (Å²) in [5.41, 5.74) is 0.890. The Kier molecular flexibility index (Phi) is 4.78. The van der Waals surface area contributed by atoms with E-state index in [1.54, 1.807) is 18.5 Å². The number of amides is 1. The third kappa shape index (κ3) is 3.83. The van der Waals surface area contributed by atoms with Crippen LogP contribution in [0.4, 0.5) is 4.79 Å². The molecule has 0 spiro atoms. The molecule has 1 saturated heterocycles. The first-order valence-corrected chi connectivity index (χ1v) is 9.27. The van der Waals surface area contributed by atoms with Crippen molar-refractivity contribution in [1.29, 1.82) is 0 Å². The molecule has 25 heavy (non-hydrogen) atoms. The molecule has 1 aliphatic rings. The molecule has 3 rings (SSSR count). The highest BCUT2D eigenvalue weighted by Gasteiger charge is 2.39. The zero-order chi connectivity index (χ0) is 18.0. The van der Waals surface area contributed by atoms with E-state index in [2.05, 4.69) is 10.3 Å². The van der Waals surface area contributed by atoms with Crippen LogP contribution in [-0.4, -0.2) is 47.5 Å². The van der Waals surface area contributed by atoms with Crippen LogP contribution in [0, 0.1) is 6.92 Å². The van der Waals surface area contributed by atoms with Crippen molar-refractivity contribution in [2.75, 3.05) is 13.1 Å². The maximum absolute atomic E-state index is 12.4. The van der Waals surface area contributed by atoms with E-state index in [9.17, 15) is 13.2 Å². The summed E-state index contributed by atoms with van der Waals surface area (Å²) in [4.78, 5) is 15.8. The number of hydrogen-bond acceptors (Lipinski definition) is 5. The number of nitrogens with one attached hydrogen (secondary N) is 1. The van der Waals surface area contributed by atoms with Crippen molar-refractivity contribution >= 4 is 16.1 Å². The Morgan fingerprint density at radius 1 is 1.32 bits per heavy atom. The summed E-state index contributed by atoms with van der Waals surface area (Å²) in [6, 6.07) is 9.08. The molecule has 0 radical (unpaired) electrons. The van der Waals surface area contributed by atoms with Crippen molar-refractivity contribution in [3.05, 3.63) is 47.9 Å². The maximum atomic E-state index is 12.4. The molecule has 1 aromatic heterocycles. The van der Waals surface area contributed by atoms with E-state index in [1.807, 2.05) is 30.3 Å². The quantitative estimate of drug-likeness (QED) is 0.855. The number of sulfonamides is 1. The molecular weight excluding hydrogens is 344 g/mol. The van der Waals surface area contributed by atoms with Crippen LogP contribution in [0.25, 0.3) is 0 Å². The predicted octanol–water partition coefficient (Wildman–Crippen LogP) is 1.03. The Morgan fingerprint density at radius 2 is 2.00 bits per heavy atom. The number of ether oxygens (including phenoxy) is 1. The van der Waals surface area contributed by atoms with Gasteiger partial charge in [-0.25, -0.2) is 18.2 Å². The number of benzene rings is 1. The maximum Gasteiger partial charge on any atom is 0.407 e. The fraction of sp³-hybridized carbons (Fsp3) is 0.375. The first-order chi connectivity index (χ1) is 11.9. The highest BCUT2D eigenvalue weighted by atomic mass is 32.2. The number of nitrogens with zero attached hydrogens (tertiary/aromatic N) is 3. The van der Waals surface area contributed by atoms with Crippen molar-refractivity contribution in [2.45, 2.75) is 24.6 Å². The average Bonchev–Trinajstić information content (AvgIpc) is 2.89. The Morgan fingerprint density at radius 3 is 2.60 bits per heavy atom. The predicted molar refractivity (Wildman–Crippen MR) is 90.3 cm³/mol. The van der Waals surface area contributed by atoms with Gasteiger partial charge in [-0.3, -0.25) is 0 Å². The molecule has 1 aromatic carbocycles. The molecular formula is C16H20N4O4S. The van der Waals surface area contributed by atoms with E-state index in [1.165, 1.54) is 10.5 Å². The molecule has 0 unspecified atom stereocenters. The molecule has 1 aliphatic heterocycles. The molecule has 0 saturated carbocycles. The topological polar surface area (TPSA) is 93.5 Å². The molecule has 1 fully saturated rings. The Labute approximate surface area is 146 Å². The molecule has 2 aromatic rings. The number of imidazole rings is 1. The smallest absolute Gasteiger partial charge is 0.407 e. The minimum Gasteiger partial charge on any atom is -0.445 e. The Hall–Kier alpha value is -2.39. The van der Waals surface area contributed by atoms with Crippen LogP contribution in [0.3, 0.4) is 0 Å². The summed E-state index contributed by atoms with van der Waals surface area (Å²) in [7, 11) is -1.88. The van der Waals surface area contributed by atoms with Crippen molar-refractivity contribution in [3.63, 3.8) is 0 Å². The number of carbonyl (C=O) groups excluding carboxylic acids is 1. The fourth-order valence-corrected chi connectivity index (χ4v) is 4.00. The first-order valence-electron chi connectivity index (χ1n) is 7.83. The van der Waals surface area contributed by atoms with Gasteiger partial charge in [-0.15, -0.1) is 0 Å². The Balaban J connectivity index is 1.48. The van der Waals surface area contributed by atoms with Crippen molar-refractivity contribution in [2.24, 2.45) is 7.05 Å². The van der Waals surface area contributed by atoms with Gasteiger partial charge in [0.15, 0.2) is 5.03 Å². The van der Waals surface area contributed by atoms with Crippen LogP contribution in [0.15, 0.2) is 41.6 Å². The van der Waals surface area contributed by atoms with Crippen LogP contribution in [-0.2, 0) is 28.4 Å². The van der Waals surface area contributed by atoms with E-state index in [4.69, 9.17) is 4.74 Å². The molecule has 2 heterocycles. The number of aryl methyl sites for hydroxylation is 2. The van der Waals surface area contributed by atoms with E-state index in [0.29, 0.717) is 5.82 Å². The molecule has 134 valence electrons. The second kappa shape index (κ2) is 6.85. The summed E-state index contributed by atoms with van der Waals surface area (Å²) >= 11 is 0. The first kappa shape index (κ1) is 17.4. The van der Waals surface area contributed by atoms with Crippen LogP contribution in [0.5, 0.6) is 0 Å². The van der Waals surface area contributed by atoms with Crippen LogP contribution < -0.4 is 5.32 Å². The zero-order valence-electron chi connectivity index (χ0n) is 14.0. The lowest BCUT2D eigenvalue weighted by atomic mass is 10.2. The van der Waals surface area contributed by atoms with E-state index in [0.717, 1.165) is 5.56 Å². The minimum absolute atomic E-state index is 0.0256. The zero-order valence-corrected chi connectivity index (χ0v) is 14.9. The molecule has 1 amide bonds. The van der Waals surface area contributed by atoms with Crippen LogP contribution in [0.1, 0.15) is 11.4 Å².